The van der Waals surface area contributed by atoms with E-state index in [9.17, 15) is 0 Å². The van der Waals surface area contributed by atoms with Crippen molar-refractivity contribution in [2.45, 2.75) is 26.4 Å². The summed E-state index contributed by atoms with van der Waals surface area (Å²) >= 11 is 0. The second-order valence-electron chi connectivity index (χ2n) is 3.16. The molecule has 3 heteroatoms. The Morgan fingerprint density at radius 3 is 3.08 bits per heavy atom. The van der Waals surface area contributed by atoms with Crippen molar-refractivity contribution in [1.82, 2.24) is 9.88 Å². The molecule has 0 aromatic carbocycles. The third kappa shape index (κ3) is 3.61. The second-order valence-corrected chi connectivity index (χ2v) is 3.16. The Kier molecular flexibility index (Phi) is 4.57. The fourth-order valence-corrected chi connectivity index (χ4v) is 1.26. The first kappa shape index (κ1) is 10.3. The van der Waals surface area contributed by atoms with Gasteiger partial charge >= 0.3 is 0 Å². The summed E-state index contributed by atoms with van der Waals surface area (Å²) in [4.78, 5) is 0. The van der Waals surface area contributed by atoms with Crippen molar-refractivity contribution >= 4 is 0 Å². The van der Waals surface area contributed by atoms with E-state index in [1.54, 1.807) is 0 Å². The van der Waals surface area contributed by atoms with E-state index in [0.717, 1.165) is 19.5 Å². The van der Waals surface area contributed by atoms with E-state index in [1.165, 1.54) is 5.56 Å². The first-order valence-corrected chi connectivity index (χ1v) is 4.83. The lowest BCUT2D eigenvalue weighted by Crippen LogP contribution is -2.13. The number of hydrogen-bond acceptors (Lipinski definition) is 2. The zero-order valence-corrected chi connectivity index (χ0v) is 8.16. The summed E-state index contributed by atoms with van der Waals surface area (Å²) in [5.74, 6) is 0. The summed E-state index contributed by atoms with van der Waals surface area (Å²) in [6.07, 6.45) is 5.23. The average Bonchev–Trinajstić information content (AvgIpc) is 2.54. The molecule has 0 spiro atoms. The lowest BCUT2D eigenvalue weighted by Gasteiger charge is -2.00. The number of rotatable bonds is 6. The molecule has 0 unspecified atom stereocenters. The Bertz CT molecular complexity index is 233. The van der Waals surface area contributed by atoms with Crippen LogP contribution >= 0.6 is 0 Å². The molecule has 74 valence electrons. The third-order valence-electron chi connectivity index (χ3n) is 1.93. The van der Waals surface area contributed by atoms with Crippen molar-refractivity contribution in [3.05, 3.63) is 24.0 Å². The van der Waals surface area contributed by atoms with Gasteiger partial charge in [0.25, 0.3) is 0 Å². The van der Waals surface area contributed by atoms with Crippen LogP contribution in [0.4, 0.5) is 0 Å². The van der Waals surface area contributed by atoms with Crippen LogP contribution < -0.4 is 5.32 Å². The minimum atomic E-state index is 0.205. The van der Waals surface area contributed by atoms with Crippen LogP contribution in [0.5, 0.6) is 0 Å². The molecule has 1 aromatic rings. The summed E-state index contributed by atoms with van der Waals surface area (Å²) in [7, 11) is 0. The molecule has 0 aliphatic rings. The number of hydrogen-bond donors (Lipinski definition) is 2. The minimum absolute atomic E-state index is 0.205. The lowest BCUT2D eigenvalue weighted by atomic mass is 10.3. The largest absolute Gasteiger partial charge is 0.395 e. The van der Waals surface area contributed by atoms with Gasteiger partial charge in [0, 0.05) is 25.5 Å². The van der Waals surface area contributed by atoms with Gasteiger partial charge in [0.1, 0.15) is 0 Å². The Morgan fingerprint density at radius 2 is 2.38 bits per heavy atom. The summed E-state index contributed by atoms with van der Waals surface area (Å²) < 4.78 is 2.00. The molecule has 1 rings (SSSR count). The molecule has 0 aliphatic heterocycles. The summed E-state index contributed by atoms with van der Waals surface area (Å²) in [6, 6.07) is 2.08. The molecular formula is C10H18N2O. The van der Waals surface area contributed by atoms with Crippen molar-refractivity contribution in [1.29, 1.82) is 0 Å². The van der Waals surface area contributed by atoms with Gasteiger partial charge in [-0.25, -0.2) is 0 Å². The number of nitrogens with one attached hydrogen (secondary N) is 1. The SMILES string of the molecule is CCCNCc1ccn(CCO)c1. The molecule has 0 saturated carbocycles. The highest BCUT2D eigenvalue weighted by atomic mass is 16.3. The van der Waals surface area contributed by atoms with Gasteiger partial charge in [-0.2, -0.15) is 0 Å². The number of nitrogens with zero attached hydrogens (tertiary/aromatic N) is 1. The summed E-state index contributed by atoms with van der Waals surface area (Å²) in [6.45, 7) is 5.03. The molecule has 0 fully saturated rings. The second kappa shape index (κ2) is 5.78. The van der Waals surface area contributed by atoms with Crippen LogP contribution in [0.25, 0.3) is 0 Å². The van der Waals surface area contributed by atoms with Gasteiger partial charge in [0.15, 0.2) is 0 Å². The molecule has 0 amide bonds. The van der Waals surface area contributed by atoms with Crippen molar-refractivity contribution in [2.75, 3.05) is 13.2 Å². The van der Waals surface area contributed by atoms with E-state index in [-0.39, 0.29) is 6.61 Å². The fraction of sp³-hybridized carbons (Fsp3) is 0.600. The third-order valence-corrected chi connectivity index (χ3v) is 1.93. The van der Waals surface area contributed by atoms with Crippen LogP contribution in [-0.2, 0) is 13.1 Å². The molecule has 1 aromatic heterocycles. The predicted octanol–water partition coefficient (Wildman–Crippen LogP) is 0.980. The van der Waals surface area contributed by atoms with Gasteiger partial charge in [0.05, 0.1) is 6.61 Å². The highest BCUT2D eigenvalue weighted by Gasteiger charge is 1.95. The molecule has 0 radical (unpaired) electrons. The summed E-state index contributed by atoms with van der Waals surface area (Å²) in [5.41, 5.74) is 1.28. The van der Waals surface area contributed by atoms with Crippen molar-refractivity contribution in [3.63, 3.8) is 0 Å². The molecule has 0 atom stereocenters. The Morgan fingerprint density at radius 1 is 1.54 bits per heavy atom. The monoisotopic (exact) mass is 182 g/mol. The number of aromatic nitrogens is 1. The van der Waals surface area contributed by atoms with Crippen LogP contribution in [0.15, 0.2) is 18.5 Å². The molecule has 13 heavy (non-hydrogen) atoms. The molecule has 1 heterocycles. The maximum absolute atomic E-state index is 8.71. The van der Waals surface area contributed by atoms with Gasteiger partial charge < -0.3 is 15.0 Å². The van der Waals surface area contributed by atoms with Crippen molar-refractivity contribution in [3.8, 4) is 0 Å². The van der Waals surface area contributed by atoms with E-state index in [4.69, 9.17) is 5.11 Å². The van der Waals surface area contributed by atoms with Crippen molar-refractivity contribution < 1.29 is 5.11 Å². The molecule has 0 bridgehead atoms. The number of aliphatic hydroxyl groups is 1. The normalized spacial score (nSPS) is 10.6. The Balaban J connectivity index is 2.31. The van der Waals surface area contributed by atoms with E-state index >= 15 is 0 Å². The Labute approximate surface area is 79.4 Å². The molecule has 0 aliphatic carbocycles. The predicted molar refractivity (Wildman–Crippen MR) is 53.5 cm³/mol. The highest BCUT2D eigenvalue weighted by molar-refractivity contribution is 5.09. The van der Waals surface area contributed by atoms with Crippen LogP contribution in [0, 0.1) is 0 Å². The van der Waals surface area contributed by atoms with Gasteiger partial charge in [-0.15, -0.1) is 0 Å². The average molecular weight is 182 g/mol. The first-order chi connectivity index (χ1) is 6.36. The van der Waals surface area contributed by atoms with Crippen molar-refractivity contribution in [2.24, 2.45) is 0 Å². The molecule has 0 saturated heterocycles. The number of aliphatic hydroxyl groups excluding tert-OH is 1. The quantitative estimate of drug-likeness (QED) is 0.643. The standard InChI is InChI=1S/C10H18N2O/c1-2-4-11-8-10-3-5-12(9-10)6-7-13/h3,5,9,11,13H,2,4,6-8H2,1H3. The first-order valence-electron chi connectivity index (χ1n) is 4.83. The van der Waals surface area contributed by atoms with Gasteiger partial charge in [-0.05, 0) is 24.6 Å². The minimum Gasteiger partial charge on any atom is -0.395 e. The van der Waals surface area contributed by atoms with Crippen LogP contribution in [0.2, 0.25) is 0 Å². The lowest BCUT2D eigenvalue weighted by molar-refractivity contribution is 0.276. The summed E-state index contributed by atoms with van der Waals surface area (Å²) in [5, 5.41) is 12.0. The fourth-order valence-electron chi connectivity index (χ4n) is 1.26. The molecule has 2 N–H and O–H groups in total. The maximum atomic E-state index is 8.71. The van der Waals surface area contributed by atoms with Gasteiger partial charge in [-0.3, -0.25) is 0 Å². The maximum Gasteiger partial charge on any atom is 0.0610 e. The van der Waals surface area contributed by atoms with Crippen LogP contribution in [0.3, 0.4) is 0 Å². The van der Waals surface area contributed by atoms with E-state index < -0.39 is 0 Å². The molecular weight excluding hydrogens is 164 g/mol. The van der Waals surface area contributed by atoms with Crippen LogP contribution in [-0.4, -0.2) is 22.8 Å². The topological polar surface area (TPSA) is 37.2 Å². The van der Waals surface area contributed by atoms with Gasteiger partial charge in [0.2, 0.25) is 0 Å². The van der Waals surface area contributed by atoms with Gasteiger partial charge in [-0.1, -0.05) is 6.92 Å². The highest BCUT2D eigenvalue weighted by Crippen LogP contribution is 2.00. The molecule has 3 nitrogen and oxygen atoms in total. The van der Waals surface area contributed by atoms with E-state index in [2.05, 4.69) is 24.5 Å². The smallest absolute Gasteiger partial charge is 0.0610 e. The zero-order valence-electron chi connectivity index (χ0n) is 8.16. The Hall–Kier alpha value is -0.800. The zero-order chi connectivity index (χ0) is 9.52. The van der Waals surface area contributed by atoms with E-state index in [1.807, 2.05) is 10.8 Å². The van der Waals surface area contributed by atoms with E-state index in [0.29, 0.717) is 6.54 Å². The van der Waals surface area contributed by atoms with Crippen LogP contribution in [0.1, 0.15) is 18.9 Å².